The van der Waals surface area contributed by atoms with E-state index in [2.05, 4.69) is 5.32 Å². The highest BCUT2D eigenvalue weighted by atomic mass is 32.2. The largest absolute Gasteiger partial charge is 0.325 e. The number of hydrogen-bond donors (Lipinski definition) is 2. The van der Waals surface area contributed by atoms with Crippen molar-refractivity contribution >= 4 is 31.6 Å². The molecule has 0 radical (unpaired) electrons. The van der Waals surface area contributed by atoms with Crippen molar-refractivity contribution in [3.05, 3.63) is 23.8 Å². The normalized spacial score (nSPS) is 19.4. The summed E-state index contributed by atoms with van der Waals surface area (Å²) in [6, 6.07) is 3.67. The van der Waals surface area contributed by atoms with E-state index in [1.54, 1.807) is 19.1 Å². The molecule has 1 atom stereocenters. The van der Waals surface area contributed by atoms with Crippen molar-refractivity contribution < 1.29 is 21.6 Å². The number of nitrogens with one attached hydrogen (secondary N) is 1. The van der Waals surface area contributed by atoms with Crippen LogP contribution in [0.2, 0.25) is 0 Å². The number of amides is 1. The van der Waals surface area contributed by atoms with Gasteiger partial charge in [-0.1, -0.05) is 13.0 Å². The van der Waals surface area contributed by atoms with E-state index in [0.29, 0.717) is 31.4 Å². The van der Waals surface area contributed by atoms with Crippen LogP contribution >= 0.6 is 0 Å². The van der Waals surface area contributed by atoms with Crippen LogP contribution in [0.3, 0.4) is 0 Å². The van der Waals surface area contributed by atoms with Gasteiger partial charge in [0.15, 0.2) is 0 Å². The highest BCUT2D eigenvalue weighted by Crippen LogP contribution is 2.24. The highest BCUT2D eigenvalue weighted by Gasteiger charge is 2.36. The second kappa shape index (κ2) is 6.79. The van der Waals surface area contributed by atoms with Crippen LogP contribution in [-0.4, -0.2) is 45.9 Å². The number of nitrogens with zero attached hydrogens (tertiary/aromatic N) is 1. The molecule has 1 saturated heterocycles. The van der Waals surface area contributed by atoms with E-state index in [9.17, 15) is 21.6 Å². The van der Waals surface area contributed by atoms with E-state index < -0.39 is 32.0 Å². The van der Waals surface area contributed by atoms with Gasteiger partial charge in [-0.15, -0.1) is 0 Å². The molecular formula is C14H21N3O5S2. The Bertz CT molecular complexity index is 849. The fraction of sp³-hybridized carbons (Fsp3) is 0.500. The molecule has 1 aromatic rings. The van der Waals surface area contributed by atoms with Crippen LogP contribution in [0.1, 0.15) is 25.3 Å². The van der Waals surface area contributed by atoms with Crippen molar-refractivity contribution in [3.63, 3.8) is 0 Å². The van der Waals surface area contributed by atoms with Crippen LogP contribution in [0, 0.1) is 0 Å². The lowest BCUT2D eigenvalue weighted by Gasteiger charge is -2.21. The summed E-state index contributed by atoms with van der Waals surface area (Å²) >= 11 is 0. The average molecular weight is 375 g/mol. The van der Waals surface area contributed by atoms with E-state index in [0.717, 1.165) is 10.6 Å². The van der Waals surface area contributed by atoms with Crippen LogP contribution in [0.5, 0.6) is 0 Å². The summed E-state index contributed by atoms with van der Waals surface area (Å²) in [5.41, 5.74) is 0.815. The van der Waals surface area contributed by atoms with Crippen LogP contribution in [0.25, 0.3) is 0 Å². The molecule has 1 aromatic carbocycles. The molecule has 0 saturated carbocycles. The molecule has 0 spiro atoms. The second-order valence-electron chi connectivity index (χ2n) is 5.74. The molecule has 24 heavy (non-hydrogen) atoms. The number of sulfonamides is 2. The molecule has 134 valence electrons. The van der Waals surface area contributed by atoms with Crippen molar-refractivity contribution in [1.82, 2.24) is 4.31 Å². The fourth-order valence-corrected chi connectivity index (χ4v) is 4.81. The standard InChI is InChI=1S/C14H21N3O5S2/c1-3-10-6-7-11(9-13(10)24(15,21)22)16-14(18)12-5-4-8-17(12)23(2,19)20/h6-7,9,12H,3-5,8H2,1-2H3,(H,16,18)(H2,15,21,22). The molecule has 0 aromatic heterocycles. The van der Waals surface area contributed by atoms with Gasteiger partial charge in [0.2, 0.25) is 26.0 Å². The summed E-state index contributed by atoms with van der Waals surface area (Å²) < 4.78 is 47.9. The predicted octanol–water partition coefficient (Wildman–Crippen LogP) is 0.259. The molecule has 1 aliphatic heterocycles. The number of carbonyl (C=O) groups excluding carboxylic acids is 1. The third-order valence-electron chi connectivity index (χ3n) is 3.95. The zero-order valence-corrected chi connectivity index (χ0v) is 15.2. The maximum Gasteiger partial charge on any atom is 0.242 e. The van der Waals surface area contributed by atoms with Crippen molar-refractivity contribution in [3.8, 4) is 0 Å². The first-order valence-corrected chi connectivity index (χ1v) is 10.9. The Labute approximate surface area is 142 Å². The quantitative estimate of drug-likeness (QED) is 0.763. The van der Waals surface area contributed by atoms with Crippen LogP contribution in [0.15, 0.2) is 23.1 Å². The van der Waals surface area contributed by atoms with Gasteiger partial charge >= 0.3 is 0 Å². The molecule has 10 heteroatoms. The maximum absolute atomic E-state index is 12.4. The fourth-order valence-electron chi connectivity index (χ4n) is 2.81. The maximum atomic E-state index is 12.4. The number of rotatable bonds is 5. The Morgan fingerprint density at radius 2 is 2.00 bits per heavy atom. The van der Waals surface area contributed by atoms with Crippen LogP contribution < -0.4 is 10.5 Å². The van der Waals surface area contributed by atoms with E-state index >= 15 is 0 Å². The van der Waals surface area contributed by atoms with Gasteiger partial charge in [-0.25, -0.2) is 22.0 Å². The molecule has 8 nitrogen and oxygen atoms in total. The van der Waals surface area contributed by atoms with Gasteiger partial charge in [0.1, 0.15) is 6.04 Å². The van der Waals surface area contributed by atoms with Crippen molar-refractivity contribution in [1.29, 1.82) is 0 Å². The predicted molar refractivity (Wildman–Crippen MR) is 90.4 cm³/mol. The third kappa shape index (κ3) is 4.12. The Hall–Kier alpha value is -1.49. The highest BCUT2D eigenvalue weighted by molar-refractivity contribution is 7.89. The van der Waals surface area contributed by atoms with Gasteiger partial charge in [-0.2, -0.15) is 4.31 Å². The topological polar surface area (TPSA) is 127 Å². The van der Waals surface area contributed by atoms with Crippen LogP contribution in [-0.2, 0) is 31.3 Å². The van der Waals surface area contributed by atoms with Gasteiger partial charge in [0, 0.05) is 12.2 Å². The third-order valence-corrected chi connectivity index (χ3v) is 6.24. The summed E-state index contributed by atoms with van der Waals surface area (Å²) in [7, 11) is -7.39. The monoisotopic (exact) mass is 375 g/mol. The summed E-state index contributed by atoms with van der Waals surface area (Å²) in [6.07, 6.45) is 2.56. The van der Waals surface area contributed by atoms with E-state index in [4.69, 9.17) is 5.14 Å². The molecule has 2 rings (SSSR count). The number of carbonyl (C=O) groups is 1. The molecule has 0 bridgehead atoms. The number of benzene rings is 1. The average Bonchev–Trinajstić information content (AvgIpc) is 2.96. The summed E-state index contributed by atoms with van der Waals surface area (Å²) in [4.78, 5) is 12.3. The van der Waals surface area contributed by atoms with Gasteiger partial charge < -0.3 is 5.32 Å². The lowest BCUT2D eigenvalue weighted by molar-refractivity contribution is -0.119. The number of hydrogen-bond acceptors (Lipinski definition) is 5. The van der Waals surface area contributed by atoms with E-state index in [-0.39, 0.29) is 10.6 Å². The second-order valence-corrected chi connectivity index (χ2v) is 9.21. The van der Waals surface area contributed by atoms with Crippen molar-refractivity contribution in [2.45, 2.75) is 37.1 Å². The van der Waals surface area contributed by atoms with Gasteiger partial charge in [0.05, 0.1) is 11.2 Å². The Morgan fingerprint density at radius 1 is 1.33 bits per heavy atom. The van der Waals surface area contributed by atoms with Crippen molar-refractivity contribution in [2.24, 2.45) is 5.14 Å². The first kappa shape index (κ1) is 18.8. The van der Waals surface area contributed by atoms with Gasteiger partial charge in [-0.05, 0) is 37.0 Å². The Morgan fingerprint density at radius 3 is 2.54 bits per heavy atom. The SMILES string of the molecule is CCc1ccc(NC(=O)C2CCCN2S(C)(=O)=O)cc1S(N)(=O)=O. The number of aryl methyl sites for hydroxylation is 1. The summed E-state index contributed by atoms with van der Waals surface area (Å²) in [5.74, 6) is -0.484. The molecule has 1 fully saturated rings. The Kier molecular flexibility index (Phi) is 5.33. The minimum Gasteiger partial charge on any atom is -0.325 e. The lowest BCUT2D eigenvalue weighted by Crippen LogP contribution is -2.42. The number of primary sulfonamides is 1. The zero-order valence-electron chi connectivity index (χ0n) is 13.5. The smallest absolute Gasteiger partial charge is 0.242 e. The van der Waals surface area contributed by atoms with E-state index in [1.165, 1.54) is 6.07 Å². The van der Waals surface area contributed by atoms with E-state index in [1.807, 2.05) is 0 Å². The lowest BCUT2D eigenvalue weighted by atomic mass is 10.1. The first-order valence-electron chi connectivity index (χ1n) is 7.47. The molecule has 1 aliphatic rings. The molecule has 3 N–H and O–H groups in total. The molecule has 1 heterocycles. The first-order chi connectivity index (χ1) is 11.0. The van der Waals surface area contributed by atoms with Gasteiger partial charge in [-0.3, -0.25) is 4.79 Å². The molecule has 1 amide bonds. The van der Waals surface area contributed by atoms with Crippen molar-refractivity contribution in [2.75, 3.05) is 18.1 Å². The minimum absolute atomic E-state index is 0.0470. The Balaban J connectivity index is 2.27. The molecule has 1 unspecified atom stereocenters. The zero-order chi connectivity index (χ0) is 18.1. The van der Waals surface area contributed by atoms with Crippen LogP contribution in [0.4, 0.5) is 5.69 Å². The number of anilines is 1. The number of nitrogens with two attached hydrogens (primary N) is 1. The molecular weight excluding hydrogens is 354 g/mol. The summed E-state index contributed by atoms with van der Waals surface area (Å²) in [6.45, 7) is 2.10. The molecule has 0 aliphatic carbocycles. The summed E-state index contributed by atoms with van der Waals surface area (Å²) in [5, 5.41) is 7.79. The minimum atomic E-state index is -3.91. The van der Waals surface area contributed by atoms with Gasteiger partial charge in [0.25, 0.3) is 0 Å².